The van der Waals surface area contributed by atoms with E-state index in [0.717, 1.165) is 18.7 Å². The van der Waals surface area contributed by atoms with Crippen LogP contribution in [-0.4, -0.2) is 25.3 Å². The highest BCUT2D eigenvalue weighted by Crippen LogP contribution is 2.19. The van der Waals surface area contributed by atoms with E-state index in [1.54, 1.807) is 6.21 Å². The molecule has 0 spiro atoms. The molecule has 1 heterocycles. The lowest BCUT2D eigenvalue weighted by atomic mass is 10.1. The number of benzene rings is 1. The van der Waals surface area contributed by atoms with Gasteiger partial charge in [-0.15, -0.1) is 0 Å². The van der Waals surface area contributed by atoms with E-state index in [1.165, 1.54) is 24.9 Å². The summed E-state index contributed by atoms with van der Waals surface area (Å²) in [5.41, 5.74) is 9.26. The van der Waals surface area contributed by atoms with Crippen LogP contribution < -0.4 is 16.1 Å². The number of nitrogens with one attached hydrogen (secondary N) is 1. The van der Waals surface area contributed by atoms with Crippen LogP contribution >= 0.6 is 0 Å². The first kappa shape index (κ1) is 12.4. The van der Waals surface area contributed by atoms with Crippen LogP contribution in [0.1, 0.15) is 24.8 Å². The number of amides is 2. The van der Waals surface area contributed by atoms with Gasteiger partial charge in [0.1, 0.15) is 0 Å². The van der Waals surface area contributed by atoms with Crippen molar-refractivity contribution in [2.75, 3.05) is 18.0 Å². The first-order chi connectivity index (χ1) is 8.75. The Balaban J connectivity index is 1.96. The van der Waals surface area contributed by atoms with Crippen molar-refractivity contribution in [1.29, 1.82) is 0 Å². The molecule has 5 nitrogen and oxygen atoms in total. The van der Waals surface area contributed by atoms with Crippen molar-refractivity contribution in [3.63, 3.8) is 0 Å². The van der Waals surface area contributed by atoms with Crippen molar-refractivity contribution in [3.8, 4) is 0 Å². The number of piperidine rings is 1. The molecule has 3 N–H and O–H groups in total. The van der Waals surface area contributed by atoms with E-state index < -0.39 is 6.03 Å². The summed E-state index contributed by atoms with van der Waals surface area (Å²) >= 11 is 0. The first-order valence-corrected chi connectivity index (χ1v) is 6.19. The minimum absolute atomic E-state index is 0.656. The smallest absolute Gasteiger partial charge is 0.332 e. The van der Waals surface area contributed by atoms with Gasteiger partial charge in [-0.2, -0.15) is 5.10 Å². The highest BCUT2D eigenvalue weighted by Gasteiger charge is 2.09. The predicted molar refractivity (Wildman–Crippen MR) is 72.8 cm³/mol. The molecule has 5 heteroatoms. The van der Waals surface area contributed by atoms with Crippen molar-refractivity contribution in [3.05, 3.63) is 29.8 Å². The standard InChI is InChI=1S/C13H18N4O/c14-13(18)16-15-10-11-4-6-12(7-5-11)17-8-2-1-3-9-17/h4-7,10H,1-3,8-9H2,(H3,14,16,18)/b15-10+. The second kappa shape index (κ2) is 6.05. The SMILES string of the molecule is NC(=O)N/N=C/c1ccc(N2CCCCC2)cc1. The fraction of sp³-hybridized carbons (Fsp3) is 0.385. The van der Waals surface area contributed by atoms with Gasteiger partial charge in [-0.25, -0.2) is 10.2 Å². The molecule has 1 aliphatic heterocycles. The Morgan fingerprint density at radius 1 is 1.22 bits per heavy atom. The summed E-state index contributed by atoms with van der Waals surface area (Å²) in [6.07, 6.45) is 5.45. The van der Waals surface area contributed by atoms with Crippen LogP contribution in [0, 0.1) is 0 Å². The maximum Gasteiger partial charge on any atom is 0.332 e. The minimum atomic E-state index is -0.656. The molecule has 0 unspecified atom stereocenters. The van der Waals surface area contributed by atoms with E-state index >= 15 is 0 Å². The molecule has 96 valence electrons. The molecule has 1 saturated heterocycles. The summed E-state index contributed by atoms with van der Waals surface area (Å²) in [6.45, 7) is 2.27. The van der Waals surface area contributed by atoms with Crippen LogP contribution in [0.25, 0.3) is 0 Å². The van der Waals surface area contributed by atoms with Gasteiger partial charge in [0, 0.05) is 18.8 Å². The van der Waals surface area contributed by atoms with E-state index in [1.807, 2.05) is 12.1 Å². The molecular formula is C13H18N4O. The Morgan fingerprint density at radius 2 is 1.89 bits per heavy atom. The molecule has 2 rings (SSSR count). The summed E-state index contributed by atoms with van der Waals surface area (Å²) in [7, 11) is 0. The molecule has 1 fully saturated rings. The quantitative estimate of drug-likeness (QED) is 0.629. The topological polar surface area (TPSA) is 70.7 Å². The molecule has 2 amide bonds. The Bertz CT molecular complexity index is 421. The molecule has 1 aliphatic rings. The van der Waals surface area contributed by atoms with Gasteiger partial charge in [-0.1, -0.05) is 12.1 Å². The number of hydrogen-bond acceptors (Lipinski definition) is 3. The Hall–Kier alpha value is -2.04. The maximum atomic E-state index is 10.4. The summed E-state index contributed by atoms with van der Waals surface area (Å²) in [5.74, 6) is 0. The Morgan fingerprint density at radius 3 is 2.50 bits per heavy atom. The predicted octanol–water partition coefficient (Wildman–Crippen LogP) is 1.68. The summed E-state index contributed by atoms with van der Waals surface area (Å²) in [4.78, 5) is 12.8. The molecular weight excluding hydrogens is 228 g/mol. The number of carbonyl (C=O) groups excluding carboxylic acids is 1. The largest absolute Gasteiger partial charge is 0.372 e. The second-order valence-electron chi connectivity index (χ2n) is 4.37. The average Bonchev–Trinajstić information content (AvgIpc) is 2.40. The maximum absolute atomic E-state index is 10.4. The minimum Gasteiger partial charge on any atom is -0.372 e. The zero-order chi connectivity index (χ0) is 12.8. The number of nitrogens with two attached hydrogens (primary N) is 1. The third-order valence-electron chi connectivity index (χ3n) is 3.00. The van der Waals surface area contributed by atoms with Crippen molar-refractivity contribution >= 4 is 17.9 Å². The van der Waals surface area contributed by atoms with E-state index in [2.05, 4.69) is 27.6 Å². The van der Waals surface area contributed by atoms with E-state index in [9.17, 15) is 4.79 Å². The molecule has 0 atom stereocenters. The van der Waals surface area contributed by atoms with E-state index in [-0.39, 0.29) is 0 Å². The molecule has 0 saturated carbocycles. The zero-order valence-corrected chi connectivity index (χ0v) is 10.3. The fourth-order valence-corrected chi connectivity index (χ4v) is 2.09. The summed E-state index contributed by atoms with van der Waals surface area (Å²) < 4.78 is 0. The van der Waals surface area contributed by atoms with Gasteiger partial charge in [0.25, 0.3) is 0 Å². The summed E-state index contributed by atoms with van der Waals surface area (Å²) in [5, 5.41) is 3.72. The Kier molecular flexibility index (Phi) is 4.17. The van der Waals surface area contributed by atoms with Gasteiger partial charge >= 0.3 is 6.03 Å². The third kappa shape index (κ3) is 3.48. The van der Waals surface area contributed by atoms with Crippen LogP contribution in [0.4, 0.5) is 10.5 Å². The number of urea groups is 1. The van der Waals surface area contributed by atoms with Crippen molar-refractivity contribution in [2.24, 2.45) is 10.8 Å². The number of rotatable bonds is 3. The molecule has 18 heavy (non-hydrogen) atoms. The number of nitrogens with zero attached hydrogens (tertiary/aromatic N) is 2. The van der Waals surface area contributed by atoms with Gasteiger partial charge in [0.05, 0.1) is 6.21 Å². The van der Waals surface area contributed by atoms with Gasteiger partial charge in [-0.3, -0.25) is 0 Å². The average molecular weight is 246 g/mol. The number of hydrazone groups is 1. The number of anilines is 1. The molecule has 1 aromatic carbocycles. The number of carbonyl (C=O) groups is 1. The lowest BCUT2D eigenvalue weighted by Gasteiger charge is -2.28. The van der Waals surface area contributed by atoms with Crippen LogP contribution in [0.15, 0.2) is 29.4 Å². The normalized spacial score (nSPS) is 15.9. The van der Waals surface area contributed by atoms with Crippen molar-refractivity contribution in [1.82, 2.24) is 5.43 Å². The van der Waals surface area contributed by atoms with Crippen molar-refractivity contribution in [2.45, 2.75) is 19.3 Å². The zero-order valence-electron chi connectivity index (χ0n) is 10.3. The van der Waals surface area contributed by atoms with Gasteiger partial charge in [0.2, 0.25) is 0 Å². The van der Waals surface area contributed by atoms with Crippen LogP contribution in [0.5, 0.6) is 0 Å². The van der Waals surface area contributed by atoms with Crippen LogP contribution in [0.2, 0.25) is 0 Å². The first-order valence-electron chi connectivity index (χ1n) is 6.19. The van der Waals surface area contributed by atoms with Crippen LogP contribution in [0.3, 0.4) is 0 Å². The Labute approximate surface area is 107 Å². The molecule has 1 aromatic rings. The van der Waals surface area contributed by atoms with Gasteiger partial charge < -0.3 is 10.6 Å². The molecule has 0 aliphatic carbocycles. The van der Waals surface area contributed by atoms with Crippen molar-refractivity contribution < 1.29 is 4.79 Å². The van der Waals surface area contributed by atoms with E-state index in [0.29, 0.717) is 0 Å². The van der Waals surface area contributed by atoms with Gasteiger partial charge in [-0.05, 0) is 37.0 Å². The van der Waals surface area contributed by atoms with Crippen LogP contribution in [-0.2, 0) is 0 Å². The second-order valence-corrected chi connectivity index (χ2v) is 4.37. The highest BCUT2D eigenvalue weighted by molar-refractivity contribution is 5.82. The number of hydrogen-bond donors (Lipinski definition) is 2. The molecule has 0 bridgehead atoms. The highest BCUT2D eigenvalue weighted by atomic mass is 16.2. The molecule has 0 aromatic heterocycles. The summed E-state index contributed by atoms with van der Waals surface area (Å²) in [6, 6.07) is 7.47. The van der Waals surface area contributed by atoms with E-state index in [4.69, 9.17) is 5.73 Å². The van der Waals surface area contributed by atoms with Gasteiger partial charge in [0.15, 0.2) is 0 Å². The fourth-order valence-electron chi connectivity index (χ4n) is 2.09. The molecule has 0 radical (unpaired) electrons. The number of primary amides is 1. The lowest BCUT2D eigenvalue weighted by Crippen LogP contribution is -2.29. The third-order valence-corrected chi connectivity index (χ3v) is 3.00. The lowest BCUT2D eigenvalue weighted by molar-refractivity contribution is 0.249. The monoisotopic (exact) mass is 246 g/mol.